The van der Waals surface area contributed by atoms with Crippen molar-refractivity contribution in [2.75, 3.05) is 0 Å². The number of benzene rings is 2. The molecule has 0 aliphatic rings. The first-order valence-electron chi connectivity index (χ1n) is 8.05. The first-order chi connectivity index (χ1) is 11.4. The number of fused-ring (bicyclic) bond motifs is 1. The molecule has 1 heterocycles. The molecule has 0 saturated carbocycles. The number of hydrogen-bond acceptors (Lipinski definition) is 4. The third-order valence-electron chi connectivity index (χ3n) is 4.21. The van der Waals surface area contributed by atoms with Crippen molar-refractivity contribution in [3.05, 3.63) is 64.7 Å². The van der Waals surface area contributed by atoms with E-state index in [0.29, 0.717) is 0 Å². The lowest BCUT2D eigenvalue weighted by atomic mass is 10.0. The average Bonchev–Trinajstić information content (AvgIpc) is 3.01. The van der Waals surface area contributed by atoms with Crippen molar-refractivity contribution >= 4 is 31.4 Å². The summed E-state index contributed by atoms with van der Waals surface area (Å²) in [5.74, 6) is 0.118. The first-order valence-corrected chi connectivity index (χ1v) is 10.6. The molecule has 0 fully saturated rings. The molecule has 0 N–H and O–H groups in total. The van der Waals surface area contributed by atoms with Gasteiger partial charge in [-0.3, -0.25) is 0 Å². The van der Waals surface area contributed by atoms with Crippen molar-refractivity contribution in [2.45, 2.75) is 37.7 Å². The molecule has 0 spiro atoms. The van der Waals surface area contributed by atoms with Crippen LogP contribution in [0, 0.1) is 0 Å². The molecule has 3 aromatic rings. The minimum atomic E-state index is -3.04. The van der Waals surface area contributed by atoms with E-state index in [1.165, 1.54) is 15.8 Å². The van der Waals surface area contributed by atoms with Gasteiger partial charge in [0, 0.05) is 0 Å². The summed E-state index contributed by atoms with van der Waals surface area (Å²) in [5.41, 5.74) is 6.32. The highest BCUT2D eigenvalue weighted by atomic mass is 32.2. The highest BCUT2D eigenvalue weighted by Gasteiger charge is 2.16. The van der Waals surface area contributed by atoms with E-state index in [2.05, 4.69) is 23.2 Å². The smallest absolute Gasteiger partial charge is 0.156 e. The third-order valence-corrected chi connectivity index (χ3v) is 7.17. The SMILES string of the molecule is CC(C)S(=O)(=O)Cc1ccc(CCc2ccc3ncsc3c2)cc1. The van der Waals surface area contributed by atoms with Crippen LogP contribution in [0.5, 0.6) is 0 Å². The number of sulfone groups is 1. The lowest BCUT2D eigenvalue weighted by Crippen LogP contribution is -2.15. The maximum Gasteiger partial charge on any atom is 0.156 e. The highest BCUT2D eigenvalue weighted by Crippen LogP contribution is 2.20. The molecular weight excluding hydrogens is 338 g/mol. The molecule has 3 nitrogen and oxygen atoms in total. The van der Waals surface area contributed by atoms with Crippen molar-refractivity contribution in [3.63, 3.8) is 0 Å². The molecule has 0 atom stereocenters. The van der Waals surface area contributed by atoms with Crippen LogP contribution in [-0.2, 0) is 28.4 Å². The van der Waals surface area contributed by atoms with Gasteiger partial charge in [-0.2, -0.15) is 0 Å². The van der Waals surface area contributed by atoms with E-state index >= 15 is 0 Å². The fraction of sp³-hybridized carbons (Fsp3) is 0.316. The van der Waals surface area contributed by atoms with Gasteiger partial charge in [0.1, 0.15) is 0 Å². The van der Waals surface area contributed by atoms with E-state index in [0.717, 1.165) is 23.9 Å². The van der Waals surface area contributed by atoms with Gasteiger partial charge in [-0.05, 0) is 55.5 Å². The molecule has 1 aromatic heterocycles. The predicted molar refractivity (Wildman–Crippen MR) is 101 cm³/mol. The van der Waals surface area contributed by atoms with E-state index in [-0.39, 0.29) is 11.0 Å². The van der Waals surface area contributed by atoms with E-state index in [1.54, 1.807) is 25.2 Å². The van der Waals surface area contributed by atoms with Gasteiger partial charge in [0.05, 0.1) is 26.7 Å². The third kappa shape index (κ3) is 4.02. The number of aromatic nitrogens is 1. The molecule has 3 rings (SSSR count). The van der Waals surface area contributed by atoms with Gasteiger partial charge >= 0.3 is 0 Å². The topological polar surface area (TPSA) is 47.0 Å². The Hall–Kier alpha value is -1.72. The normalized spacial score (nSPS) is 12.1. The van der Waals surface area contributed by atoms with Crippen molar-refractivity contribution < 1.29 is 8.42 Å². The van der Waals surface area contributed by atoms with Crippen LogP contribution in [-0.4, -0.2) is 18.7 Å². The number of nitrogens with zero attached hydrogens (tertiary/aromatic N) is 1. The zero-order valence-corrected chi connectivity index (χ0v) is 15.5. The molecule has 0 aliphatic carbocycles. The van der Waals surface area contributed by atoms with Crippen molar-refractivity contribution in [3.8, 4) is 0 Å². The summed E-state index contributed by atoms with van der Waals surface area (Å²) in [7, 11) is -3.04. The van der Waals surface area contributed by atoms with Gasteiger partial charge in [0.2, 0.25) is 0 Å². The van der Waals surface area contributed by atoms with Crippen LogP contribution >= 0.6 is 11.3 Å². The Morgan fingerprint density at radius 2 is 1.58 bits per heavy atom. The van der Waals surface area contributed by atoms with Gasteiger partial charge in [-0.25, -0.2) is 13.4 Å². The Kier molecular flexibility index (Phi) is 5.01. The summed E-state index contributed by atoms with van der Waals surface area (Å²) in [6.45, 7) is 3.45. The molecule has 5 heteroatoms. The maximum absolute atomic E-state index is 12.0. The standard InChI is InChI=1S/C19H21NO2S2/c1-14(2)24(21,22)12-17-7-4-15(5-8-17)3-6-16-9-10-18-19(11-16)23-13-20-18/h4-5,7-11,13-14H,3,6,12H2,1-2H3. The van der Waals surface area contributed by atoms with Gasteiger partial charge in [-0.1, -0.05) is 30.3 Å². The second-order valence-electron chi connectivity index (χ2n) is 6.33. The summed E-state index contributed by atoms with van der Waals surface area (Å²) in [5, 5.41) is -0.334. The van der Waals surface area contributed by atoms with Crippen LogP contribution in [0.2, 0.25) is 0 Å². The fourth-order valence-electron chi connectivity index (χ4n) is 2.54. The van der Waals surface area contributed by atoms with Gasteiger partial charge in [0.25, 0.3) is 0 Å². The van der Waals surface area contributed by atoms with Crippen molar-refractivity contribution in [2.24, 2.45) is 0 Å². The van der Waals surface area contributed by atoms with Crippen LogP contribution < -0.4 is 0 Å². The molecule has 0 radical (unpaired) electrons. The Labute approximate surface area is 147 Å². The minimum absolute atomic E-state index is 0.118. The van der Waals surface area contributed by atoms with Crippen LogP contribution in [0.3, 0.4) is 0 Å². The van der Waals surface area contributed by atoms with Crippen LogP contribution in [0.15, 0.2) is 48.0 Å². The Morgan fingerprint density at radius 3 is 2.29 bits per heavy atom. The molecule has 0 saturated heterocycles. The number of hydrogen-bond donors (Lipinski definition) is 0. The maximum atomic E-state index is 12.0. The van der Waals surface area contributed by atoms with Gasteiger partial charge in [-0.15, -0.1) is 11.3 Å². The molecule has 126 valence electrons. The minimum Gasteiger partial charge on any atom is -0.245 e. The van der Waals surface area contributed by atoms with Gasteiger partial charge < -0.3 is 0 Å². The molecule has 0 bridgehead atoms. The number of thiazole rings is 1. The summed E-state index contributed by atoms with van der Waals surface area (Å²) >= 11 is 1.66. The largest absolute Gasteiger partial charge is 0.245 e. The highest BCUT2D eigenvalue weighted by molar-refractivity contribution is 7.91. The van der Waals surface area contributed by atoms with E-state index in [4.69, 9.17) is 0 Å². The van der Waals surface area contributed by atoms with E-state index in [1.807, 2.05) is 29.8 Å². The van der Waals surface area contributed by atoms with E-state index < -0.39 is 9.84 Å². The second kappa shape index (κ2) is 7.03. The monoisotopic (exact) mass is 359 g/mol. The second-order valence-corrected chi connectivity index (χ2v) is 9.77. The number of aryl methyl sites for hydroxylation is 2. The Morgan fingerprint density at radius 1 is 0.958 bits per heavy atom. The fourth-order valence-corrected chi connectivity index (χ4v) is 4.28. The number of rotatable bonds is 6. The lowest BCUT2D eigenvalue weighted by molar-refractivity contribution is 0.586. The van der Waals surface area contributed by atoms with E-state index in [9.17, 15) is 8.42 Å². The zero-order valence-electron chi connectivity index (χ0n) is 13.9. The van der Waals surface area contributed by atoms with Gasteiger partial charge in [0.15, 0.2) is 9.84 Å². The summed E-state index contributed by atoms with van der Waals surface area (Å²) in [6.07, 6.45) is 1.92. The van der Waals surface area contributed by atoms with Crippen LogP contribution in [0.4, 0.5) is 0 Å². The predicted octanol–water partition coefficient (Wildman–Crippen LogP) is 4.40. The molecular formula is C19H21NO2S2. The zero-order chi connectivity index (χ0) is 17.2. The first kappa shape index (κ1) is 17.1. The average molecular weight is 360 g/mol. The van der Waals surface area contributed by atoms with Crippen LogP contribution in [0.25, 0.3) is 10.2 Å². The summed E-state index contributed by atoms with van der Waals surface area (Å²) < 4.78 is 25.2. The Bertz CT molecular complexity index is 925. The molecule has 2 aromatic carbocycles. The quantitative estimate of drug-likeness (QED) is 0.655. The lowest BCUT2D eigenvalue weighted by Gasteiger charge is -2.08. The molecule has 24 heavy (non-hydrogen) atoms. The van der Waals surface area contributed by atoms with Crippen LogP contribution in [0.1, 0.15) is 30.5 Å². The molecule has 0 amide bonds. The summed E-state index contributed by atoms with van der Waals surface area (Å²) in [6, 6.07) is 14.3. The molecule has 0 unspecified atom stereocenters. The van der Waals surface area contributed by atoms with Crippen molar-refractivity contribution in [1.82, 2.24) is 4.98 Å². The molecule has 0 aliphatic heterocycles. The van der Waals surface area contributed by atoms with Crippen molar-refractivity contribution in [1.29, 1.82) is 0 Å². The summed E-state index contributed by atoms with van der Waals surface area (Å²) in [4.78, 5) is 4.30. The Balaban J connectivity index is 1.63.